The number of carbonyl (C=O) groups excluding carboxylic acids is 2. The van der Waals surface area contributed by atoms with Gasteiger partial charge >= 0.3 is 0 Å². The van der Waals surface area contributed by atoms with Crippen LogP contribution < -0.4 is 4.90 Å². The standard InChI is InChI=1S/C27H26F2N2O2/c1-2-27(33)31(22-4-3-5-22)24-13-12-21(16-23(24)28)19-8-10-20(11-9-19)25(32)14-6-18-7-15-26(29)30-17-18/h7-13,15-17,22H,2-6,14H2,1H3. The van der Waals surface area contributed by atoms with Crippen molar-refractivity contribution in [3.05, 3.63) is 83.7 Å². The van der Waals surface area contributed by atoms with Crippen molar-refractivity contribution < 1.29 is 18.4 Å². The van der Waals surface area contributed by atoms with Gasteiger partial charge in [0.15, 0.2) is 5.78 Å². The van der Waals surface area contributed by atoms with Gasteiger partial charge in [0.1, 0.15) is 5.82 Å². The quantitative estimate of drug-likeness (QED) is 0.307. The predicted octanol–water partition coefficient (Wildman–Crippen LogP) is 6.14. The van der Waals surface area contributed by atoms with Crippen molar-refractivity contribution in [2.45, 2.75) is 51.5 Å². The second-order valence-electron chi connectivity index (χ2n) is 8.36. The van der Waals surface area contributed by atoms with E-state index in [1.54, 1.807) is 48.2 Å². The highest BCUT2D eigenvalue weighted by atomic mass is 19.1. The third-order valence-corrected chi connectivity index (χ3v) is 6.19. The molecule has 2 aromatic carbocycles. The molecular weight excluding hydrogens is 422 g/mol. The first-order valence-corrected chi connectivity index (χ1v) is 11.3. The van der Waals surface area contributed by atoms with Crippen LogP contribution in [0.4, 0.5) is 14.5 Å². The molecule has 1 amide bonds. The molecule has 0 N–H and O–H groups in total. The Balaban J connectivity index is 1.46. The van der Waals surface area contributed by atoms with E-state index < -0.39 is 11.8 Å². The second-order valence-corrected chi connectivity index (χ2v) is 8.36. The van der Waals surface area contributed by atoms with E-state index in [4.69, 9.17) is 0 Å². The van der Waals surface area contributed by atoms with Gasteiger partial charge in [0.2, 0.25) is 11.9 Å². The maximum absolute atomic E-state index is 15.0. The van der Waals surface area contributed by atoms with Gasteiger partial charge in [0, 0.05) is 30.6 Å². The van der Waals surface area contributed by atoms with Crippen LogP contribution in [0.15, 0.2) is 60.8 Å². The Kier molecular flexibility index (Phi) is 6.92. The van der Waals surface area contributed by atoms with Crippen molar-refractivity contribution in [2.24, 2.45) is 0 Å². The lowest BCUT2D eigenvalue weighted by Crippen LogP contribution is -2.44. The number of anilines is 1. The summed E-state index contributed by atoms with van der Waals surface area (Å²) in [5.41, 5.74) is 3.17. The Hall–Kier alpha value is -3.41. The third kappa shape index (κ3) is 5.16. The van der Waals surface area contributed by atoms with E-state index in [9.17, 15) is 14.0 Å². The molecule has 1 aliphatic rings. The van der Waals surface area contributed by atoms with Gasteiger partial charge in [0.05, 0.1) is 5.69 Å². The van der Waals surface area contributed by atoms with E-state index in [0.29, 0.717) is 36.1 Å². The van der Waals surface area contributed by atoms with Crippen molar-refractivity contribution in [3.8, 4) is 11.1 Å². The Bertz CT molecular complexity index is 1140. The number of aryl methyl sites for hydroxylation is 1. The first kappa shape index (κ1) is 22.8. The molecule has 4 nitrogen and oxygen atoms in total. The number of nitrogens with zero attached hydrogens (tertiary/aromatic N) is 2. The molecule has 1 fully saturated rings. The smallest absolute Gasteiger partial charge is 0.227 e. The normalized spacial score (nSPS) is 13.4. The molecule has 0 unspecified atom stereocenters. The molecule has 0 aliphatic heterocycles. The topological polar surface area (TPSA) is 50.3 Å². The van der Waals surface area contributed by atoms with Crippen molar-refractivity contribution in [3.63, 3.8) is 0 Å². The van der Waals surface area contributed by atoms with Gasteiger partial charge in [-0.1, -0.05) is 43.3 Å². The van der Waals surface area contributed by atoms with Crippen LogP contribution in [0.25, 0.3) is 11.1 Å². The summed E-state index contributed by atoms with van der Waals surface area (Å²) in [6, 6.07) is 15.0. The largest absolute Gasteiger partial charge is 0.307 e. The minimum atomic E-state index is -0.544. The molecule has 0 radical (unpaired) electrons. The van der Waals surface area contributed by atoms with E-state index in [0.717, 1.165) is 30.4 Å². The zero-order chi connectivity index (χ0) is 23.4. The number of halogens is 2. The van der Waals surface area contributed by atoms with Crippen LogP contribution >= 0.6 is 0 Å². The summed E-state index contributed by atoms with van der Waals surface area (Å²) in [5.74, 6) is -1.06. The van der Waals surface area contributed by atoms with Gasteiger partial charge < -0.3 is 4.90 Å². The molecule has 33 heavy (non-hydrogen) atoms. The predicted molar refractivity (Wildman–Crippen MR) is 124 cm³/mol. The molecule has 0 atom stereocenters. The zero-order valence-corrected chi connectivity index (χ0v) is 18.6. The van der Waals surface area contributed by atoms with Crippen molar-refractivity contribution in [1.29, 1.82) is 0 Å². The number of ketones is 1. The fourth-order valence-corrected chi connectivity index (χ4v) is 4.04. The van der Waals surface area contributed by atoms with Crippen LogP contribution in [0.2, 0.25) is 0 Å². The zero-order valence-electron chi connectivity index (χ0n) is 18.6. The number of pyridine rings is 1. The summed E-state index contributed by atoms with van der Waals surface area (Å²) in [5, 5.41) is 0. The number of hydrogen-bond donors (Lipinski definition) is 0. The molecule has 6 heteroatoms. The maximum Gasteiger partial charge on any atom is 0.227 e. The fourth-order valence-electron chi connectivity index (χ4n) is 4.04. The van der Waals surface area contributed by atoms with Crippen molar-refractivity contribution >= 4 is 17.4 Å². The highest BCUT2D eigenvalue weighted by Crippen LogP contribution is 2.34. The van der Waals surface area contributed by atoms with Crippen molar-refractivity contribution in [2.75, 3.05) is 4.90 Å². The average molecular weight is 449 g/mol. The van der Waals surface area contributed by atoms with E-state index in [-0.39, 0.29) is 17.7 Å². The van der Waals surface area contributed by atoms with Crippen LogP contribution in [0, 0.1) is 11.8 Å². The fraction of sp³-hybridized carbons (Fsp3) is 0.296. The molecule has 0 saturated heterocycles. The monoisotopic (exact) mass is 448 g/mol. The van der Waals surface area contributed by atoms with Crippen LogP contribution in [0.1, 0.15) is 54.9 Å². The molecular formula is C27H26F2N2O2. The number of amides is 1. The number of carbonyl (C=O) groups is 2. The molecule has 1 heterocycles. The van der Waals surface area contributed by atoms with Crippen molar-refractivity contribution in [1.82, 2.24) is 4.98 Å². The lowest BCUT2D eigenvalue weighted by Gasteiger charge is -2.37. The lowest BCUT2D eigenvalue weighted by molar-refractivity contribution is -0.119. The molecule has 1 saturated carbocycles. The van der Waals surface area contributed by atoms with Gasteiger partial charge in [-0.2, -0.15) is 4.39 Å². The molecule has 0 spiro atoms. The number of rotatable bonds is 8. The van der Waals surface area contributed by atoms with E-state index in [2.05, 4.69) is 4.98 Å². The van der Waals surface area contributed by atoms with Crippen LogP contribution in [0.5, 0.6) is 0 Å². The number of benzene rings is 2. The van der Waals surface area contributed by atoms with E-state index in [1.165, 1.54) is 18.3 Å². The Morgan fingerprint density at radius 3 is 2.30 bits per heavy atom. The summed E-state index contributed by atoms with van der Waals surface area (Å²) in [6.07, 6.45) is 5.41. The van der Waals surface area contributed by atoms with Gasteiger partial charge in [-0.3, -0.25) is 9.59 Å². The summed E-state index contributed by atoms with van der Waals surface area (Å²) in [7, 11) is 0. The lowest BCUT2D eigenvalue weighted by atomic mass is 9.90. The van der Waals surface area contributed by atoms with Gasteiger partial charge in [0.25, 0.3) is 0 Å². The molecule has 3 aromatic rings. The van der Waals surface area contributed by atoms with Crippen LogP contribution in [-0.2, 0) is 11.2 Å². The summed E-state index contributed by atoms with van der Waals surface area (Å²) < 4.78 is 27.9. The highest BCUT2D eigenvalue weighted by Gasteiger charge is 2.30. The maximum atomic E-state index is 15.0. The Morgan fingerprint density at radius 1 is 1.00 bits per heavy atom. The number of Topliss-reactive ketones (excluding diaryl/α,β-unsaturated/α-hetero) is 1. The van der Waals surface area contributed by atoms with Gasteiger partial charge in [-0.15, -0.1) is 0 Å². The average Bonchev–Trinajstić information content (AvgIpc) is 2.80. The molecule has 1 aliphatic carbocycles. The van der Waals surface area contributed by atoms with Gasteiger partial charge in [-0.25, -0.2) is 9.37 Å². The first-order valence-electron chi connectivity index (χ1n) is 11.3. The van der Waals surface area contributed by atoms with E-state index >= 15 is 4.39 Å². The summed E-state index contributed by atoms with van der Waals surface area (Å²) in [4.78, 5) is 30.1. The second kappa shape index (κ2) is 10.0. The number of aromatic nitrogens is 1. The summed E-state index contributed by atoms with van der Waals surface area (Å²) >= 11 is 0. The Morgan fingerprint density at radius 2 is 1.73 bits per heavy atom. The minimum Gasteiger partial charge on any atom is -0.307 e. The molecule has 170 valence electrons. The molecule has 4 rings (SSSR count). The summed E-state index contributed by atoms with van der Waals surface area (Å²) in [6.45, 7) is 1.79. The Labute approximate surface area is 192 Å². The van der Waals surface area contributed by atoms with Crippen LogP contribution in [-0.4, -0.2) is 22.7 Å². The first-order chi connectivity index (χ1) is 16.0. The highest BCUT2D eigenvalue weighted by molar-refractivity contribution is 5.97. The number of hydrogen-bond acceptors (Lipinski definition) is 3. The van der Waals surface area contributed by atoms with Gasteiger partial charge in [-0.05, 0) is 60.6 Å². The third-order valence-electron chi connectivity index (χ3n) is 6.19. The molecule has 1 aromatic heterocycles. The van der Waals surface area contributed by atoms with Crippen LogP contribution in [0.3, 0.4) is 0 Å². The minimum absolute atomic E-state index is 0.0263. The van der Waals surface area contributed by atoms with E-state index in [1.807, 2.05) is 6.07 Å². The SMILES string of the molecule is CCC(=O)N(c1ccc(-c2ccc(C(=O)CCc3ccc(F)nc3)cc2)cc1F)C1CCC1. The molecule has 0 bridgehead atoms.